The molecule has 3 atom stereocenters. The van der Waals surface area contributed by atoms with Crippen LogP contribution in [0.25, 0.3) is 0 Å². The Hall–Kier alpha value is -0.120. The fourth-order valence-corrected chi connectivity index (χ4v) is 2.41. The minimum atomic E-state index is 0.333. The second kappa shape index (κ2) is 7.34. The number of nitrogens with two attached hydrogens (primary N) is 1. The predicted octanol–water partition coefficient (Wildman–Crippen LogP) is 2.25. The molecule has 3 nitrogen and oxygen atoms in total. The van der Waals surface area contributed by atoms with E-state index in [1.807, 2.05) is 0 Å². The van der Waals surface area contributed by atoms with Gasteiger partial charge in [-0.25, -0.2) is 0 Å². The molecule has 0 bridgehead atoms. The van der Waals surface area contributed by atoms with Crippen LogP contribution >= 0.6 is 0 Å². The summed E-state index contributed by atoms with van der Waals surface area (Å²) >= 11 is 0. The topological polar surface area (TPSA) is 38.5 Å². The normalized spacial score (nSPS) is 27.7. The van der Waals surface area contributed by atoms with Gasteiger partial charge in [0.1, 0.15) is 0 Å². The average Bonchev–Trinajstić information content (AvgIpc) is 2.35. The standard InChI is InChI=1S/C14H30N2O/c1-5-13-10-12(7-9-17-13)16(4)8-6-14(15)11(2)3/h11-14H,5-10,15H2,1-4H3. The second-order valence-corrected chi connectivity index (χ2v) is 5.76. The van der Waals surface area contributed by atoms with Crippen molar-refractivity contribution in [3.63, 3.8) is 0 Å². The van der Waals surface area contributed by atoms with E-state index in [0.29, 0.717) is 24.1 Å². The van der Waals surface area contributed by atoms with E-state index < -0.39 is 0 Å². The van der Waals surface area contributed by atoms with Crippen LogP contribution in [0.4, 0.5) is 0 Å². The number of nitrogens with zero attached hydrogens (tertiary/aromatic N) is 1. The van der Waals surface area contributed by atoms with E-state index >= 15 is 0 Å². The van der Waals surface area contributed by atoms with Gasteiger partial charge in [-0.2, -0.15) is 0 Å². The van der Waals surface area contributed by atoms with Gasteiger partial charge in [-0.3, -0.25) is 0 Å². The molecule has 2 N–H and O–H groups in total. The van der Waals surface area contributed by atoms with E-state index in [-0.39, 0.29) is 0 Å². The van der Waals surface area contributed by atoms with Gasteiger partial charge in [-0.15, -0.1) is 0 Å². The molecule has 0 aromatic rings. The van der Waals surface area contributed by atoms with Crippen LogP contribution in [0.2, 0.25) is 0 Å². The SMILES string of the molecule is CCC1CC(N(C)CCC(N)C(C)C)CCO1. The summed E-state index contributed by atoms with van der Waals surface area (Å²) < 4.78 is 5.72. The molecule has 3 heteroatoms. The Balaban J connectivity index is 2.29. The lowest BCUT2D eigenvalue weighted by atomic mass is 9.98. The van der Waals surface area contributed by atoms with E-state index in [0.717, 1.165) is 26.0 Å². The third-order valence-electron chi connectivity index (χ3n) is 4.09. The Morgan fingerprint density at radius 2 is 2.12 bits per heavy atom. The van der Waals surface area contributed by atoms with Crippen LogP contribution < -0.4 is 5.73 Å². The van der Waals surface area contributed by atoms with Crippen molar-refractivity contribution in [2.75, 3.05) is 20.2 Å². The minimum absolute atomic E-state index is 0.333. The molecule has 0 spiro atoms. The highest BCUT2D eigenvalue weighted by Gasteiger charge is 2.24. The van der Waals surface area contributed by atoms with Crippen molar-refractivity contribution < 1.29 is 4.74 Å². The Bertz CT molecular complexity index is 208. The van der Waals surface area contributed by atoms with Gasteiger partial charge in [0.25, 0.3) is 0 Å². The van der Waals surface area contributed by atoms with Gasteiger partial charge in [-0.1, -0.05) is 20.8 Å². The van der Waals surface area contributed by atoms with Crippen LogP contribution in [-0.4, -0.2) is 43.3 Å². The minimum Gasteiger partial charge on any atom is -0.378 e. The van der Waals surface area contributed by atoms with Crippen molar-refractivity contribution in [1.29, 1.82) is 0 Å². The van der Waals surface area contributed by atoms with Crippen LogP contribution in [0.3, 0.4) is 0 Å². The summed E-state index contributed by atoms with van der Waals surface area (Å²) in [4.78, 5) is 2.48. The quantitative estimate of drug-likeness (QED) is 0.776. The monoisotopic (exact) mass is 242 g/mol. The maximum Gasteiger partial charge on any atom is 0.0587 e. The molecule has 0 aromatic carbocycles. The van der Waals surface area contributed by atoms with Gasteiger partial charge in [0.05, 0.1) is 6.10 Å². The number of rotatable bonds is 6. The second-order valence-electron chi connectivity index (χ2n) is 5.76. The predicted molar refractivity (Wildman–Crippen MR) is 73.1 cm³/mol. The molecule has 17 heavy (non-hydrogen) atoms. The molecular weight excluding hydrogens is 212 g/mol. The maximum absolute atomic E-state index is 6.10. The van der Waals surface area contributed by atoms with Gasteiger partial charge in [0, 0.05) is 18.7 Å². The molecule has 1 aliphatic rings. The Morgan fingerprint density at radius 3 is 2.71 bits per heavy atom. The number of ether oxygens (including phenoxy) is 1. The van der Waals surface area contributed by atoms with E-state index in [2.05, 4.69) is 32.7 Å². The Kier molecular flexibility index (Phi) is 6.45. The molecule has 1 aliphatic heterocycles. The van der Waals surface area contributed by atoms with Gasteiger partial charge in [0.15, 0.2) is 0 Å². The molecule has 0 saturated carbocycles. The molecular formula is C14H30N2O. The fraction of sp³-hybridized carbons (Fsp3) is 1.00. The summed E-state index contributed by atoms with van der Waals surface area (Å²) in [5.41, 5.74) is 6.10. The van der Waals surface area contributed by atoms with Crippen molar-refractivity contribution >= 4 is 0 Å². The van der Waals surface area contributed by atoms with E-state index in [9.17, 15) is 0 Å². The molecule has 1 rings (SSSR count). The molecule has 0 aliphatic carbocycles. The van der Waals surface area contributed by atoms with E-state index in [4.69, 9.17) is 10.5 Å². The molecule has 3 unspecified atom stereocenters. The first-order valence-corrected chi connectivity index (χ1v) is 7.12. The van der Waals surface area contributed by atoms with Crippen molar-refractivity contribution in [3.8, 4) is 0 Å². The number of hydrogen-bond acceptors (Lipinski definition) is 3. The molecule has 1 fully saturated rings. The van der Waals surface area contributed by atoms with Gasteiger partial charge >= 0.3 is 0 Å². The summed E-state index contributed by atoms with van der Waals surface area (Å²) in [6.45, 7) is 8.64. The van der Waals surface area contributed by atoms with E-state index in [1.54, 1.807) is 0 Å². The molecule has 1 heterocycles. The zero-order chi connectivity index (χ0) is 12.8. The van der Waals surface area contributed by atoms with Crippen molar-refractivity contribution in [2.45, 2.75) is 64.6 Å². The zero-order valence-corrected chi connectivity index (χ0v) is 12.0. The molecule has 0 aromatic heterocycles. The highest BCUT2D eigenvalue weighted by molar-refractivity contribution is 4.78. The van der Waals surface area contributed by atoms with Crippen molar-refractivity contribution in [1.82, 2.24) is 4.90 Å². The smallest absolute Gasteiger partial charge is 0.0587 e. The first kappa shape index (κ1) is 14.9. The Morgan fingerprint density at radius 1 is 1.41 bits per heavy atom. The largest absolute Gasteiger partial charge is 0.378 e. The lowest BCUT2D eigenvalue weighted by Crippen LogP contribution is -2.42. The number of hydrogen-bond donors (Lipinski definition) is 1. The zero-order valence-electron chi connectivity index (χ0n) is 12.0. The van der Waals surface area contributed by atoms with E-state index in [1.165, 1.54) is 12.8 Å². The summed E-state index contributed by atoms with van der Waals surface area (Å²) in [6, 6.07) is 1.02. The fourth-order valence-electron chi connectivity index (χ4n) is 2.41. The van der Waals surface area contributed by atoms with Crippen LogP contribution in [0.1, 0.15) is 46.5 Å². The maximum atomic E-state index is 6.10. The van der Waals surface area contributed by atoms with Crippen LogP contribution in [0.5, 0.6) is 0 Å². The highest BCUT2D eigenvalue weighted by atomic mass is 16.5. The van der Waals surface area contributed by atoms with Crippen molar-refractivity contribution in [2.24, 2.45) is 11.7 Å². The highest BCUT2D eigenvalue weighted by Crippen LogP contribution is 2.20. The van der Waals surface area contributed by atoms with Gasteiger partial charge < -0.3 is 15.4 Å². The van der Waals surface area contributed by atoms with Gasteiger partial charge in [0.2, 0.25) is 0 Å². The van der Waals surface area contributed by atoms with Crippen LogP contribution in [0.15, 0.2) is 0 Å². The Labute approximate surface area is 107 Å². The summed E-state index contributed by atoms with van der Waals surface area (Å²) in [5, 5.41) is 0. The summed E-state index contributed by atoms with van der Waals surface area (Å²) in [5.74, 6) is 0.585. The van der Waals surface area contributed by atoms with Gasteiger partial charge in [-0.05, 0) is 45.2 Å². The molecule has 0 amide bonds. The first-order chi connectivity index (χ1) is 8.04. The van der Waals surface area contributed by atoms with Crippen LogP contribution in [0, 0.1) is 5.92 Å². The third-order valence-corrected chi connectivity index (χ3v) is 4.09. The average molecular weight is 242 g/mol. The summed E-state index contributed by atoms with van der Waals surface area (Å²) in [7, 11) is 2.23. The molecule has 1 saturated heterocycles. The van der Waals surface area contributed by atoms with Crippen LogP contribution in [-0.2, 0) is 4.74 Å². The lowest BCUT2D eigenvalue weighted by molar-refractivity contribution is -0.0236. The van der Waals surface area contributed by atoms with Crippen molar-refractivity contribution in [3.05, 3.63) is 0 Å². The first-order valence-electron chi connectivity index (χ1n) is 7.12. The third kappa shape index (κ3) is 4.94. The molecule has 0 radical (unpaired) electrons. The summed E-state index contributed by atoms with van der Waals surface area (Å²) in [6.07, 6.45) is 5.06. The molecule has 102 valence electrons. The lowest BCUT2D eigenvalue weighted by Gasteiger charge is -2.35.